The molecule has 0 amide bonds. The van der Waals surface area contributed by atoms with Gasteiger partial charge in [-0.2, -0.15) is 5.26 Å². The van der Waals surface area contributed by atoms with Gasteiger partial charge in [0.25, 0.3) is 0 Å². The average molecular weight is 156 g/mol. The fraction of sp³-hybridized carbons (Fsp3) is 0.875. The van der Waals surface area contributed by atoms with Gasteiger partial charge in [-0.3, -0.25) is 0 Å². The first-order valence-corrected chi connectivity index (χ1v) is 3.91. The Hall–Kier alpha value is -0.750. The molecule has 0 aromatic rings. The number of ether oxygens (including phenoxy) is 1. The first-order valence-electron chi connectivity index (χ1n) is 3.91. The molecule has 0 N–H and O–H groups in total. The lowest BCUT2D eigenvalue weighted by Crippen LogP contribution is -2.30. The van der Waals surface area contributed by atoms with Crippen LogP contribution in [0.15, 0.2) is 0 Å². The van der Waals surface area contributed by atoms with E-state index in [-0.39, 0.29) is 0 Å². The van der Waals surface area contributed by atoms with E-state index in [0.717, 1.165) is 6.42 Å². The molecular weight excluding hydrogens is 140 g/mol. The largest absolute Gasteiger partial charge is 0.383 e. The summed E-state index contributed by atoms with van der Waals surface area (Å²) in [4.78, 5) is 1.74. The minimum absolute atomic E-state index is 0.329. The number of hydrogen-bond donors (Lipinski definition) is 0. The lowest BCUT2D eigenvalue weighted by Gasteiger charge is -2.21. The third kappa shape index (κ3) is 3.84. The van der Waals surface area contributed by atoms with Gasteiger partial charge in [0.15, 0.2) is 6.19 Å². The van der Waals surface area contributed by atoms with Gasteiger partial charge < -0.3 is 9.64 Å². The summed E-state index contributed by atoms with van der Waals surface area (Å²) in [5, 5.41) is 8.67. The van der Waals surface area contributed by atoms with Crippen molar-refractivity contribution in [2.75, 3.05) is 20.3 Å². The Morgan fingerprint density at radius 2 is 2.27 bits per heavy atom. The van der Waals surface area contributed by atoms with Gasteiger partial charge in [0.2, 0.25) is 0 Å². The first-order chi connectivity index (χ1) is 5.26. The average Bonchev–Trinajstić information content (AvgIpc) is 2.05. The summed E-state index contributed by atoms with van der Waals surface area (Å²) in [5.74, 6) is 0. The van der Waals surface area contributed by atoms with Gasteiger partial charge in [-0.15, -0.1) is 0 Å². The maximum atomic E-state index is 8.67. The molecule has 11 heavy (non-hydrogen) atoms. The predicted molar refractivity (Wildman–Crippen MR) is 43.9 cm³/mol. The van der Waals surface area contributed by atoms with Gasteiger partial charge in [0.1, 0.15) is 0 Å². The van der Waals surface area contributed by atoms with Crippen LogP contribution in [0.4, 0.5) is 0 Å². The van der Waals surface area contributed by atoms with Crippen molar-refractivity contribution in [3.8, 4) is 6.19 Å². The quantitative estimate of drug-likeness (QED) is 0.443. The van der Waals surface area contributed by atoms with Crippen LogP contribution in [0.1, 0.15) is 20.3 Å². The Morgan fingerprint density at radius 1 is 1.64 bits per heavy atom. The summed E-state index contributed by atoms with van der Waals surface area (Å²) in [6, 6.07) is 0.329. The van der Waals surface area contributed by atoms with Crippen LogP contribution >= 0.6 is 0 Å². The standard InChI is InChI=1S/C8H16N2O/c1-4-8(2)10(7-9)5-6-11-3/h8H,4-6H2,1-3H3. The van der Waals surface area contributed by atoms with Crippen molar-refractivity contribution in [3.05, 3.63) is 0 Å². The van der Waals surface area contributed by atoms with Crippen molar-refractivity contribution in [1.29, 1.82) is 5.26 Å². The molecule has 64 valence electrons. The Bertz CT molecular complexity index is 131. The normalized spacial score (nSPS) is 12.2. The van der Waals surface area contributed by atoms with Crippen molar-refractivity contribution in [2.24, 2.45) is 0 Å². The summed E-state index contributed by atoms with van der Waals surface area (Å²) in [6.45, 7) is 5.43. The van der Waals surface area contributed by atoms with E-state index in [9.17, 15) is 0 Å². The highest BCUT2D eigenvalue weighted by Gasteiger charge is 2.07. The van der Waals surface area contributed by atoms with Gasteiger partial charge in [-0.25, -0.2) is 0 Å². The van der Waals surface area contributed by atoms with Crippen LogP contribution in [0.5, 0.6) is 0 Å². The molecule has 0 aliphatic heterocycles. The monoisotopic (exact) mass is 156 g/mol. The topological polar surface area (TPSA) is 36.3 Å². The van der Waals surface area contributed by atoms with E-state index in [0.29, 0.717) is 19.2 Å². The Balaban J connectivity index is 3.68. The molecule has 0 radical (unpaired) electrons. The first kappa shape index (κ1) is 10.2. The third-order valence-corrected chi connectivity index (χ3v) is 1.79. The molecule has 0 rings (SSSR count). The molecule has 3 heteroatoms. The molecule has 0 aromatic carbocycles. The minimum atomic E-state index is 0.329. The van der Waals surface area contributed by atoms with Crippen LogP contribution in [-0.4, -0.2) is 31.2 Å². The van der Waals surface area contributed by atoms with Crippen molar-refractivity contribution < 1.29 is 4.74 Å². The summed E-state index contributed by atoms with van der Waals surface area (Å²) >= 11 is 0. The Morgan fingerprint density at radius 3 is 2.64 bits per heavy atom. The molecule has 0 saturated carbocycles. The maximum absolute atomic E-state index is 8.67. The second-order valence-electron chi connectivity index (χ2n) is 2.54. The van der Waals surface area contributed by atoms with Crippen LogP contribution < -0.4 is 0 Å². The third-order valence-electron chi connectivity index (χ3n) is 1.79. The molecule has 0 aliphatic carbocycles. The molecule has 0 bridgehead atoms. The highest BCUT2D eigenvalue weighted by atomic mass is 16.5. The number of nitriles is 1. The molecule has 1 unspecified atom stereocenters. The summed E-state index contributed by atoms with van der Waals surface area (Å²) in [5.41, 5.74) is 0. The second-order valence-corrected chi connectivity index (χ2v) is 2.54. The van der Waals surface area contributed by atoms with Crippen molar-refractivity contribution in [1.82, 2.24) is 4.90 Å². The van der Waals surface area contributed by atoms with E-state index in [1.807, 2.05) is 6.92 Å². The van der Waals surface area contributed by atoms with Gasteiger partial charge in [-0.05, 0) is 13.3 Å². The highest BCUT2D eigenvalue weighted by molar-refractivity contribution is 4.78. The second kappa shape index (κ2) is 5.99. The zero-order valence-electron chi connectivity index (χ0n) is 7.50. The molecule has 0 aromatic heterocycles. The fourth-order valence-corrected chi connectivity index (χ4v) is 0.779. The number of hydrogen-bond acceptors (Lipinski definition) is 3. The van der Waals surface area contributed by atoms with E-state index < -0.39 is 0 Å². The fourth-order valence-electron chi connectivity index (χ4n) is 0.779. The predicted octanol–water partition coefficient (Wildman–Crippen LogP) is 1.21. The van der Waals surface area contributed by atoms with Crippen molar-refractivity contribution in [3.63, 3.8) is 0 Å². The molecule has 0 fully saturated rings. The van der Waals surface area contributed by atoms with Gasteiger partial charge in [0, 0.05) is 13.2 Å². The number of methoxy groups -OCH3 is 1. The highest BCUT2D eigenvalue weighted by Crippen LogP contribution is 2.00. The summed E-state index contributed by atoms with van der Waals surface area (Å²) in [7, 11) is 1.65. The van der Waals surface area contributed by atoms with Crippen LogP contribution in [-0.2, 0) is 4.74 Å². The summed E-state index contributed by atoms with van der Waals surface area (Å²) < 4.78 is 4.88. The lowest BCUT2D eigenvalue weighted by atomic mass is 10.2. The van der Waals surface area contributed by atoms with Gasteiger partial charge >= 0.3 is 0 Å². The van der Waals surface area contributed by atoms with E-state index in [4.69, 9.17) is 10.00 Å². The Kier molecular flexibility index (Phi) is 5.58. The minimum Gasteiger partial charge on any atom is -0.383 e. The molecule has 0 aliphatic rings. The SMILES string of the molecule is CCC(C)N(C#N)CCOC. The van der Waals surface area contributed by atoms with Crippen molar-refractivity contribution >= 4 is 0 Å². The smallest absolute Gasteiger partial charge is 0.179 e. The van der Waals surface area contributed by atoms with Gasteiger partial charge in [-0.1, -0.05) is 6.92 Å². The Labute approximate surface area is 68.6 Å². The maximum Gasteiger partial charge on any atom is 0.179 e. The van der Waals surface area contributed by atoms with Crippen molar-refractivity contribution in [2.45, 2.75) is 26.3 Å². The zero-order valence-corrected chi connectivity index (χ0v) is 7.50. The molecule has 0 spiro atoms. The number of rotatable bonds is 5. The van der Waals surface area contributed by atoms with E-state index in [2.05, 4.69) is 13.1 Å². The van der Waals surface area contributed by atoms with Crippen LogP contribution in [0.25, 0.3) is 0 Å². The van der Waals surface area contributed by atoms with E-state index in [1.165, 1.54) is 0 Å². The molecule has 1 atom stereocenters. The van der Waals surface area contributed by atoms with Crippen LogP contribution in [0, 0.1) is 11.5 Å². The summed E-state index contributed by atoms with van der Waals surface area (Å²) in [6.07, 6.45) is 3.14. The molecular formula is C8H16N2O. The van der Waals surface area contributed by atoms with E-state index >= 15 is 0 Å². The molecule has 3 nitrogen and oxygen atoms in total. The van der Waals surface area contributed by atoms with Crippen LogP contribution in [0.3, 0.4) is 0 Å². The number of nitrogens with zero attached hydrogens (tertiary/aromatic N) is 2. The van der Waals surface area contributed by atoms with Crippen LogP contribution in [0.2, 0.25) is 0 Å². The zero-order chi connectivity index (χ0) is 8.69. The van der Waals surface area contributed by atoms with Gasteiger partial charge in [0.05, 0.1) is 13.2 Å². The molecule has 0 heterocycles. The van der Waals surface area contributed by atoms with E-state index in [1.54, 1.807) is 12.0 Å². The lowest BCUT2D eigenvalue weighted by molar-refractivity contribution is 0.157. The molecule has 0 saturated heterocycles.